The number of urea groups is 1. The molecule has 0 fully saturated rings. The summed E-state index contributed by atoms with van der Waals surface area (Å²) in [6.07, 6.45) is 3.46. The van der Waals surface area contributed by atoms with Gasteiger partial charge in [0, 0.05) is 38.6 Å². The minimum Gasteiger partial charge on any atom is -0.497 e. The minimum atomic E-state index is -0.592. The molecule has 0 aliphatic rings. The van der Waals surface area contributed by atoms with Crippen LogP contribution in [-0.4, -0.2) is 53.7 Å². The van der Waals surface area contributed by atoms with E-state index in [9.17, 15) is 9.59 Å². The van der Waals surface area contributed by atoms with Crippen molar-refractivity contribution in [1.29, 1.82) is 0 Å². The maximum atomic E-state index is 12.8. The zero-order valence-corrected chi connectivity index (χ0v) is 19.9. The van der Waals surface area contributed by atoms with Gasteiger partial charge in [-0.15, -0.1) is 0 Å². The van der Waals surface area contributed by atoms with Crippen LogP contribution in [0.15, 0.2) is 60.9 Å². The lowest BCUT2D eigenvalue weighted by Gasteiger charge is -2.23. The first-order chi connectivity index (χ1) is 16.4. The molecule has 180 valence electrons. The maximum absolute atomic E-state index is 12.8. The van der Waals surface area contributed by atoms with E-state index in [1.54, 1.807) is 37.6 Å². The third-order valence-corrected chi connectivity index (χ3v) is 5.45. The molecule has 0 saturated heterocycles. The Morgan fingerprint density at radius 3 is 2.32 bits per heavy atom. The molecular weight excluding hydrogens is 434 g/mol. The number of hydrogen-bond donors (Lipinski definition) is 2. The number of hydrogen-bond acceptors (Lipinski definition) is 5. The van der Waals surface area contributed by atoms with Crippen molar-refractivity contribution >= 4 is 11.9 Å². The van der Waals surface area contributed by atoms with Gasteiger partial charge in [-0.2, -0.15) is 0 Å². The Balaban J connectivity index is 1.71. The van der Waals surface area contributed by atoms with Gasteiger partial charge in [0.25, 0.3) is 0 Å². The lowest BCUT2D eigenvalue weighted by Crippen LogP contribution is -2.45. The second-order valence-corrected chi connectivity index (χ2v) is 7.70. The summed E-state index contributed by atoms with van der Waals surface area (Å²) in [5.74, 6) is 1.63. The van der Waals surface area contributed by atoms with Crippen molar-refractivity contribution in [1.82, 2.24) is 25.1 Å². The first-order valence-corrected chi connectivity index (χ1v) is 11.0. The van der Waals surface area contributed by atoms with E-state index in [-0.39, 0.29) is 12.5 Å². The molecule has 3 rings (SSSR count). The molecule has 3 aromatic rings. The summed E-state index contributed by atoms with van der Waals surface area (Å²) < 4.78 is 12.6. The van der Waals surface area contributed by atoms with Gasteiger partial charge in [0.2, 0.25) is 5.91 Å². The third-order valence-electron chi connectivity index (χ3n) is 5.45. The highest BCUT2D eigenvalue weighted by Crippen LogP contribution is 2.29. The van der Waals surface area contributed by atoms with Crippen molar-refractivity contribution in [3.63, 3.8) is 0 Å². The van der Waals surface area contributed by atoms with E-state index in [1.807, 2.05) is 61.0 Å². The van der Waals surface area contributed by atoms with Gasteiger partial charge in [-0.1, -0.05) is 30.3 Å². The van der Waals surface area contributed by atoms with Gasteiger partial charge >= 0.3 is 6.03 Å². The topological polar surface area (TPSA) is 97.7 Å². The molecule has 0 saturated carbocycles. The fourth-order valence-electron chi connectivity index (χ4n) is 3.58. The second kappa shape index (κ2) is 11.7. The number of aromatic nitrogens is 2. The molecule has 1 heterocycles. The van der Waals surface area contributed by atoms with E-state index in [4.69, 9.17) is 9.47 Å². The van der Waals surface area contributed by atoms with E-state index in [1.165, 1.54) is 0 Å². The van der Waals surface area contributed by atoms with E-state index in [0.717, 1.165) is 11.1 Å². The number of rotatable bonds is 10. The average molecular weight is 466 g/mol. The molecule has 1 unspecified atom stereocenters. The number of nitrogens with zero attached hydrogens (tertiary/aromatic N) is 3. The minimum absolute atomic E-state index is 0.124. The van der Waals surface area contributed by atoms with Crippen molar-refractivity contribution in [2.75, 3.05) is 27.3 Å². The third kappa shape index (κ3) is 6.28. The van der Waals surface area contributed by atoms with Gasteiger partial charge in [0.05, 0.1) is 20.8 Å². The Morgan fingerprint density at radius 2 is 1.76 bits per heavy atom. The fraction of sp³-hybridized carbons (Fsp3) is 0.320. The number of imidazole rings is 1. The Bertz CT molecular complexity index is 1080. The normalized spacial score (nSPS) is 11.4. The average Bonchev–Trinajstić information content (AvgIpc) is 3.29. The smallest absolute Gasteiger partial charge is 0.316 e. The summed E-state index contributed by atoms with van der Waals surface area (Å²) in [4.78, 5) is 31.6. The quantitative estimate of drug-likeness (QED) is 0.480. The summed E-state index contributed by atoms with van der Waals surface area (Å²) >= 11 is 0. The highest BCUT2D eigenvalue weighted by Gasteiger charge is 2.23. The molecule has 1 aromatic heterocycles. The van der Waals surface area contributed by atoms with Gasteiger partial charge < -0.3 is 29.6 Å². The van der Waals surface area contributed by atoms with Crippen LogP contribution >= 0.6 is 0 Å². The molecular formula is C25H31N5O4. The number of likely N-dealkylation sites (N-methyl/N-ethyl adjacent to an activating group) is 1. The molecule has 3 amide bonds. The number of carbonyl (C=O) groups excluding carboxylic acids is 2. The first kappa shape index (κ1) is 24.6. The Kier molecular flexibility index (Phi) is 8.50. The zero-order valence-electron chi connectivity index (χ0n) is 19.9. The summed E-state index contributed by atoms with van der Waals surface area (Å²) in [5.41, 5.74) is 1.76. The predicted molar refractivity (Wildman–Crippen MR) is 129 cm³/mol. The maximum Gasteiger partial charge on any atom is 0.316 e. The highest BCUT2D eigenvalue weighted by molar-refractivity contribution is 5.84. The summed E-state index contributed by atoms with van der Waals surface area (Å²) in [6, 6.07) is 14.0. The predicted octanol–water partition coefficient (Wildman–Crippen LogP) is 2.87. The van der Waals surface area contributed by atoms with Gasteiger partial charge in [-0.3, -0.25) is 4.79 Å². The lowest BCUT2D eigenvalue weighted by molar-refractivity contribution is -0.130. The Morgan fingerprint density at radius 1 is 1.09 bits per heavy atom. The van der Waals surface area contributed by atoms with Gasteiger partial charge in [0.1, 0.15) is 23.4 Å². The second-order valence-electron chi connectivity index (χ2n) is 7.70. The monoisotopic (exact) mass is 465 g/mol. The van der Waals surface area contributed by atoms with Crippen LogP contribution in [0, 0.1) is 0 Å². The highest BCUT2D eigenvalue weighted by atomic mass is 16.5. The number of aryl methyl sites for hydroxylation is 1. The number of amides is 3. The van der Waals surface area contributed by atoms with Crippen LogP contribution in [0.2, 0.25) is 0 Å². The molecule has 9 nitrogen and oxygen atoms in total. The van der Waals surface area contributed by atoms with E-state index < -0.39 is 12.1 Å². The van der Waals surface area contributed by atoms with E-state index >= 15 is 0 Å². The molecule has 0 aliphatic heterocycles. The van der Waals surface area contributed by atoms with Crippen molar-refractivity contribution in [2.45, 2.75) is 19.5 Å². The number of carbonyl (C=O) groups is 2. The molecule has 0 spiro atoms. The molecule has 2 aromatic carbocycles. The summed E-state index contributed by atoms with van der Waals surface area (Å²) in [7, 11) is 4.97. The van der Waals surface area contributed by atoms with E-state index in [2.05, 4.69) is 15.6 Å². The van der Waals surface area contributed by atoms with Crippen LogP contribution in [0.1, 0.15) is 29.9 Å². The number of nitrogens with one attached hydrogen (secondary N) is 2. The van der Waals surface area contributed by atoms with Crippen LogP contribution in [0.3, 0.4) is 0 Å². The Labute approximate surface area is 199 Å². The number of methoxy groups -OCH3 is 2. The van der Waals surface area contributed by atoms with Gasteiger partial charge in [-0.25, -0.2) is 9.78 Å². The van der Waals surface area contributed by atoms with Crippen LogP contribution in [0.5, 0.6) is 11.5 Å². The molecule has 9 heteroatoms. The zero-order chi connectivity index (χ0) is 24.5. The molecule has 34 heavy (non-hydrogen) atoms. The van der Waals surface area contributed by atoms with Crippen LogP contribution < -0.4 is 20.1 Å². The molecule has 0 radical (unpaired) electrons. The van der Waals surface area contributed by atoms with Crippen molar-refractivity contribution < 1.29 is 19.1 Å². The molecule has 2 N–H and O–H groups in total. The van der Waals surface area contributed by atoms with Crippen molar-refractivity contribution in [3.8, 4) is 11.5 Å². The molecule has 1 atom stereocenters. The van der Waals surface area contributed by atoms with Crippen molar-refractivity contribution in [3.05, 3.63) is 77.9 Å². The van der Waals surface area contributed by atoms with Crippen LogP contribution in [0.25, 0.3) is 0 Å². The SMILES string of the molecule is CCN(Cc1ccccc1)C(=O)CNC(=O)NC(c1cc(OC)cc(OC)c1)c1nccn1C. The lowest BCUT2D eigenvalue weighted by atomic mass is 10.1. The number of ether oxygens (including phenoxy) is 2. The van der Waals surface area contributed by atoms with Crippen molar-refractivity contribution in [2.24, 2.45) is 7.05 Å². The summed E-state index contributed by atoms with van der Waals surface area (Å²) in [6.45, 7) is 2.81. The molecule has 0 aliphatic carbocycles. The van der Waals surface area contributed by atoms with E-state index in [0.29, 0.717) is 30.4 Å². The molecule has 0 bridgehead atoms. The number of benzene rings is 2. The standard InChI is InChI=1S/C25H31N5O4/c1-5-30(17-18-9-7-6-8-10-18)22(31)16-27-25(32)28-23(24-26-11-12-29(24)2)19-13-20(33-3)15-21(14-19)34-4/h6-15,23H,5,16-17H2,1-4H3,(H2,27,28,32). The van der Waals surface area contributed by atoms with Crippen LogP contribution in [-0.2, 0) is 18.4 Å². The first-order valence-electron chi connectivity index (χ1n) is 11.0. The van der Waals surface area contributed by atoms with Crippen LogP contribution in [0.4, 0.5) is 4.79 Å². The fourth-order valence-corrected chi connectivity index (χ4v) is 3.58. The van der Waals surface area contributed by atoms with Gasteiger partial charge in [0.15, 0.2) is 0 Å². The largest absolute Gasteiger partial charge is 0.497 e. The van der Waals surface area contributed by atoms with Gasteiger partial charge in [-0.05, 0) is 30.2 Å². The summed E-state index contributed by atoms with van der Waals surface area (Å²) in [5, 5.41) is 5.61. The Hall–Kier alpha value is -4.01.